The van der Waals surface area contributed by atoms with E-state index in [1.807, 2.05) is 6.07 Å². The predicted octanol–water partition coefficient (Wildman–Crippen LogP) is 3.69. The van der Waals surface area contributed by atoms with E-state index in [1.54, 1.807) is 42.5 Å². The molecule has 0 aliphatic carbocycles. The second-order valence-electron chi connectivity index (χ2n) is 4.36. The molecule has 23 heavy (non-hydrogen) atoms. The van der Waals surface area contributed by atoms with Crippen LogP contribution in [0.25, 0.3) is 0 Å². The van der Waals surface area contributed by atoms with Crippen molar-refractivity contribution in [1.82, 2.24) is 0 Å². The Kier molecular flexibility index (Phi) is 5.92. The number of carbonyl (C=O) groups excluding carboxylic acids is 1. The van der Waals surface area contributed by atoms with Gasteiger partial charge in [0, 0.05) is 5.69 Å². The zero-order chi connectivity index (χ0) is 16.8. The van der Waals surface area contributed by atoms with E-state index in [1.165, 1.54) is 0 Å². The summed E-state index contributed by atoms with van der Waals surface area (Å²) in [6, 6.07) is 13.9. The number of benzene rings is 2. The number of hydrazone groups is 1. The SMILES string of the molecule is NC(=S)/C(=N/Nc1cccc(Cl)c1Cl)C(=O)Nc1ccccc1. The lowest BCUT2D eigenvalue weighted by molar-refractivity contribution is -0.110. The van der Waals surface area contributed by atoms with E-state index in [2.05, 4.69) is 15.8 Å². The van der Waals surface area contributed by atoms with Crippen molar-refractivity contribution in [2.75, 3.05) is 10.7 Å². The number of nitrogens with two attached hydrogens (primary N) is 1. The van der Waals surface area contributed by atoms with Crippen LogP contribution in [0.1, 0.15) is 0 Å². The van der Waals surface area contributed by atoms with E-state index in [0.29, 0.717) is 16.4 Å². The third-order valence-corrected chi connectivity index (χ3v) is 3.73. The number of para-hydroxylation sites is 1. The van der Waals surface area contributed by atoms with Crippen LogP contribution in [0.15, 0.2) is 53.6 Å². The van der Waals surface area contributed by atoms with Crippen molar-refractivity contribution >= 4 is 63.4 Å². The minimum Gasteiger partial charge on any atom is -0.388 e. The number of hydrogen-bond acceptors (Lipinski definition) is 4. The van der Waals surface area contributed by atoms with E-state index < -0.39 is 5.91 Å². The number of rotatable bonds is 5. The molecule has 0 spiro atoms. The number of amides is 1. The first-order valence-corrected chi connectivity index (χ1v) is 7.59. The molecule has 0 aromatic heterocycles. The van der Waals surface area contributed by atoms with E-state index in [0.717, 1.165) is 0 Å². The zero-order valence-electron chi connectivity index (χ0n) is 11.7. The van der Waals surface area contributed by atoms with Crippen molar-refractivity contribution in [3.05, 3.63) is 58.6 Å². The fraction of sp³-hybridized carbons (Fsp3) is 0. The summed E-state index contributed by atoms with van der Waals surface area (Å²) >= 11 is 16.8. The van der Waals surface area contributed by atoms with Gasteiger partial charge >= 0.3 is 0 Å². The molecular formula is C15H12Cl2N4OS. The van der Waals surface area contributed by atoms with Gasteiger partial charge in [0.25, 0.3) is 5.91 Å². The monoisotopic (exact) mass is 366 g/mol. The van der Waals surface area contributed by atoms with Gasteiger partial charge in [-0.1, -0.05) is 59.7 Å². The molecule has 0 unspecified atom stereocenters. The van der Waals surface area contributed by atoms with Crippen molar-refractivity contribution in [3.63, 3.8) is 0 Å². The highest BCUT2D eigenvalue weighted by atomic mass is 35.5. The van der Waals surface area contributed by atoms with Crippen molar-refractivity contribution in [3.8, 4) is 0 Å². The summed E-state index contributed by atoms with van der Waals surface area (Å²) in [4.78, 5) is 12.1. The minimum absolute atomic E-state index is 0.125. The number of nitrogens with one attached hydrogen (secondary N) is 2. The van der Waals surface area contributed by atoms with Gasteiger partial charge in [0.05, 0.1) is 15.7 Å². The van der Waals surface area contributed by atoms with Crippen LogP contribution in [0, 0.1) is 0 Å². The first-order valence-electron chi connectivity index (χ1n) is 6.43. The Morgan fingerprint density at radius 1 is 1.09 bits per heavy atom. The molecule has 0 saturated carbocycles. The molecule has 2 rings (SSSR count). The summed E-state index contributed by atoms with van der Waals surface area (Å²) < 4.78 is 0. The third kappa shape index (κ3) is 4.66. The van der Waals surface area contributed by atoms with Crippen LogP contribution in [0.3, 0.4) is 0 Å². The minimum atomic E-state index is -0.533. The Hall–Kier alpha value is -2.15. The van der Waals surface area contributed by atoms with Crippen LogP contribution >= 0.6 is 35.4 Å². The molecule has 0 bridgehead atoms. The summed E-state index contributed by atoms with van der Waals surface area (Å²) in [5, 5.41) is 7.23. The van der Waals surface area contributed by atoms with Crippen molar-refractivity contribution in [2.45, 2.75) is 0 Å². The van der Waals surface area contributed by atoms with Crippen LogP contribution in [0.2, 0.25) is 10.0 Å². The number of carbonyl (C=O) groups is 1. The number of nitrogens with zero attached hydrogens (tertiary/aromatic N) is 1. The van der Waals surface area contributed by atoms with Crippen molar-refractivity contribution < 1.29 is 4.79 Å². The van der Waals surface area contributed by atoms with Crippen molar-refractivity contribution in [2.24, 2.45) is 10.8 Å². The molecule has 4 N–H and O–H groups in total. The van der Waals surface area contributed by atoms with Crippen LogP contribution < -0.4 is 16.5 Å². The van der Waals surface area contributed by atoms with Crippen LogP contribution in [-0.2, 0) is 4.79 Å². The quantitative estimate of drug-likeness (QED) is 0.428. The van der Waals surface area contributed by atoms with Gasteiger partial charge in [0.15, 0.2) is 5.71 Å². The topological polar surface area (TPSA) is 79.5 Å². The van der Waals surface area contributed by atoms with Gasteiger partial charge in [-0.3, -0.25) is 10.2 Å². The predicted molar refractivity (Wildman–Crippen MR) is 99.4 cm³/mol. The molecule has 0 aliphatic heterocycles. The largest absolute Gasteiger partial charge is 0.388 e. The maximum absolute atomic E-state index is 12.2. The average Bonchev–Trinajstić information content (AvgIpc) is 2.52. The van der Waals surface area contributed by atoms with Gasteiger partial charge in [0.1, 0.15) is 4.99 Å². The molecule has 0 fully saturated rings. The van der Waals surface area contributed by atoms with Crippen molar-refractivity contribution in [1.29, 1.82) is 0 Å². The number of thiocarbonyl (C=S) groups is 1. The molecule has 2 aromatic rings. The molecule has 5 nitrogen and oxygen atoms in total. The lowest BCUT2D eigenvalue weighted by atomic mass is 10.3. The standard InChI is InChI=1S/C15H12Cl2N4OS/c16-10-7-4-8-11(12(10)17)20-21-13(14(18)23)15(22)19-9-5-2-1-3-6-9/h1-8,20H,(H2,18,23)(H,19,22)/b21-13-. The lowest BCUT2D eigenvalue weighted by Crippen LogP contribution is -2.34. The second-order valence-corrected chi connectivity index (χ2v) is 5.58. The maximum atomic E-state index is 12.2. The second kappa shape index (κ2) is 7.92. The molecule has 118 valence electrons. The van der Waals surface area contributed by atoms with Crippen LogP contribution in [0.5, 0.6) is 0 Å². The molecule has 2 aromatic carbocycles. The highest BCUT2D eigenvalue weighted by molar-refractivity contribution is 7.82. The Morgan fingerprint density at radius 2 is 1.78 bits per heavy atom. The fourth-order valence-corrected chi connectivity index (χ4v) is 2.12. The zero-order valence-corrected chi connectivity index (χ0v) is 14.0. The molecule has 0 atom stereocenters. The van der Waals surface area contributed by atoms with Crippen LogP contribution in [-0.4, -0.2) is 16.6 Å². The Balaban J connectivity index is 2.19. The molecule has 0 aliphatic rings. The lowest BCUT2D eigenvalue weighted by Gasteiger charge is -2.09. The number of hydrogen-bond donors (Lipinski definition) is 3. The van der Waals surface area contributed by atoms with Gasteiger partial charge in [-0.15, -0.1) is 0 Å². The molecular weight excluding hydrogens is 355 g/mol. The number of anilines is 2. The maximum Gasteiger partial charge on any atom is 0.279 e. The van der Waals surface area contributed by atoms with E-state index in [9.17, 15) is 4.79 Å². The fourth-order valence-electron chi connectivity index (χ4n) is 1.64. The van der Waals surface area contributed by atoms with Gasteiger partial charge in [0.2, 0.25) is 0 Å². The van der Waals surface area contributed by atoms with Crippen LogP contribution in [0.4, 0.5) is 11.4 Å². The van der Waals surface area contributed by atoms with Gasteiger partial charge in [-0.25, -0.2) is 0 Å². The highest BCUT2D eigenvalue weighted by Crippen LogP contribution is 2.29. The molecule has 0 saturated heterocycles. The van der Waals surface area contributed by atoms with Gasteiger partial charge in [-0.05, 0) is 24.3 Å². The normalized spacial score (nSPS) is 11.0. The summed E-state index contributed by atoms with van der Waals surface area (Å²) in [6.07, 6.45) is 0. The van der Waals surface area contributed by atoms with E-state index in [-0.39, 0.29) is 15.7 Å². The molecule has 0 heterocycles. The highest BCUT2D eigenvalue weighted by Gasteiger charge is 2.15. The Bertz CT molecular complexity index is 765. The molecule has 1 amide bonds. The average molecular weight is 367 g/mol. The summed E-state index contributed by atoms with van der Waals surface area (Å²) in [5.41, 5.74) is 9.11. The van der Waals surface area contributed by atoms with Gasteiger partial charge < -0.3 is 11.1 Å². The molecule has 8 heteroatoms. The van der Waals surface area contributed by atoms with Gasteiger partial charge in [-0.2, -0.15) is 5.10 Å². The third-order valence-electron chi connectivity index (χ3n) is 2.72. The Morgan fingerprint density at radius 3 is 2.43 bits per heavy atom. The number of halogens is 2. The van der Waals surface area contributed by atoms with E-state index >= 15 is 0 Å². The summed E-state index contributed by atoms with van der Waals surface area (Å²) in [7, 11) is 0. The van der Waals surface area contributed by atoms with E-state index in [4.69, 9.17) is 41.2 Å². The first kappa shape index (κ1) is 17.2. The molecule has 0 radical (unpaired) electrons. The first-order chi connectivity index (χ1) is 11.0. The summed E-state index contributed by atoms with van der Waals surface area (Å²) in [6.45, 7) is 0. The summed E-state index contributed by atoms with van der Waals surface area (Å²) in [5.74, 6) is -0.533. The Labute approximate surface area is 148 Å². The smallest absolute Gasteiger partial charge is 0.279 e.